The van der Waals surface area contributed by atoms with Gasteiger partial charge in [0.05, 0.1) is 12.8 Å². The molecular weight excluding hydrogens is 312 g/mol. The number of halogens is 1. The van der Waals surface area contributed by atoms with Crippen molar-refractivity contribution >= 4 is 33.2 Å². The quantitative estimate of drug-likeness (QED) is 0.902. The van der Waals surface area contributed by atoms with Crippen molar-refractivity contribution in [2.75, 3.05) is 18.1 Å². The molecular formula is C14H19ClN2O3S. The first kappa shape index (κ1) is 16.3. The molecule has 7 heteroatoms. The van der Waals surface area contributed by atoms with E-state index in [1.165, 1.54) is 4.31 Å². The van der Waals surface area contributed by atoms with Crippen LogP contribution in [0.3, 0.4) is 0 Å². The molecule has 1 aliphatic rings. The number of carbonyl (C=O) groups excluding carboxylic acids is 1. The second-order valence-corrected chi connectivity index (χ2v) is 7.67. The first-order valence-corrected chi connectivity index (χ1v) is 9.11. The predicted octanol–water partition coefficient (Wildman–Crippen LogP) is 2.48. The maximum Gasteiger partial charge on any atom is 0.239 e. The maximum atomic E-state index is 12.1. The summed E-state index contributed by atoms with van der Waals surface area (Å²) in [4.78, 5) is 12.1. The van der Waals surface area contributed by atoms with Crippen LogP contribution in [0.25, 0.3) is 0 Å². The van der Waals surface area contributed by atoms with Gasteiger partial charge in [0.2, 0.25) is 15.9 Å². The zero-order valence-corrected chi connectivity index (χ0v) is 13.5. The number of amides is 1. The van der Waals surface area contributed by atoms with Crippen LogP contribution in [0.15, 0.2) is 24.3 Å². The number of nitrogens with one attached hydrogen (secondary N) is 1. The van der Waals surface area contributed by atoms with E-state index in [4.69, 9.17) is 11.6 Å². The molecule has 1 amide bonds. The molecule has 0 atom stereocenters. The lowest BCUT2D eigenvalue weighted by atomic mass is 10.2. The highest BCUT2D eigenvalue weighted by atomic mass is 35.5. The third kappa shape index (κ3) is 4.69. The van der Waals surface area contributed by atoms with E-state index >= 15 is 0 Å². The molecule has 1 fully saturated rings. The molecule has 2 rings (SSSR count). The standard InChI is InChI=1S/C14H19ClN2O3S/c1-21(19,20)17(13-4-2-3-5-13)10-14(18)16-12-8-6-11(15)7-9-12/h6-9,13H,2-5,10H2,1H3,(H,16,18). The predicted molar refractivity (Wildman–Crippen MR) is 83.9 cm³/mol. The summed E-state index contributed by atoms with van der Waals surface area (Å²) in [6.45, 7) is -0.147. The third-order valence-corrected chi connectivity index (χ3v) is 5.12. The van der Waals surface area contributed by atoms with Gasteiger partial charge in [-0.05, 0) is 37.1 Å². The number of nitrogens with zero attached hydrogens (tertiary/aromatic N) is 1. The van der Waals surface area contributed by atoms with Gasteiger partial charge in [0.25, 0.3) is 0 Å². The van der Waals surface area contributed by atoms with E-state index in [1.54, 1.807) is 24.3 Å². The number of anilines is 1. The minimum absolute atomic E-state index is 0.0593. The van der Waals surface area contributed by atoms with Crippen molar-refractivity contribution in [3.8, 4) is 0 Å². The molecule has 0 saturated heterocycles. The van der Waals surface area contributed by atoms with Gasteiger partial charge in [-0.3, -0.25) is 4.79 Å². The Bertz CT molecular complexity index is 595. The number of hydrogen-bond acceptors (Lipinski definition) is 3. The second-order valence-electron chi connectivity index (χ2n) is 5.30. The Morgan fingerprint density at radius 1 is 1.29 bits per heavy atom. The molecule has 0 bridgehead atoms. The van der Waals surface area contributed by atoms with Crippen molar-refractivity contribution in [2.24, 2.45) is 0 Å². The molecule has 1 saturated carbocycles. The molecule has 5 nitrogen and oxygen atoms in total. The van der Waals surface area contributed by atoms with Crippen LogP contribution in [0.2, 0.25) is 5.02 Å². The van der Waals surface area contributed by atoms with Crippen LogP contribution in [-0.2, 0) is 14.8 Å². The fourth-order valence-corrected chi connectivity index (χ4v) is 3.81. The summed E-state index contributed by atoms with van der Waals surface area (Å²) in [5, 5.41) is 3.27. The molecule has 1 aromatic carbocycles. The molecule has 1 aromatic rings. The number of benzene rings is 1. The Balaban J connectivity index is 2.02. The van der Waals surface area contributed by atoms with Crippen LogP contribution in [0.5, 0.6) is 0 Å². The van der Waals surface area contributed by atoms with Gasteiger partial charge in [-0.15, -0.1) is 0 Å². The lowest BCUT2D eigenvalue weighted by Crippen LogP contribution is -2.43. The van der Waals surface area contributed by atoms with E-state index in [0.717, 1.165) is 31.9 Å². The smallest absolute Gasteiger partial charge is 0.239 e. The Hall–Kier alpha value is -1.11. The summed E-state index contributed by atoms with van der Waals surface area (Å²) in [7, 11) is -3.39. The fourth-order valence-electron chi connectivity index (χ4n) is 2.58. The summed E-state index contributed by atoms with van der Waals surface area (Å²) in [5.41, 5.74) is 0.601. The van der Waals surface area contributed by atoms with E-state index in [2.05, 4.69) is 5.32 Å². The molecule has 116 valence electrons. The van der Waals surface area contributed by atoms with Gasteiger partial charge < -0.3 is 5.32 Å². The molecule has 21 heavy (non-hydrogen) atoms. The van der Waals surface area contributed by atoms with E-state index in [9.17, 15) is 13.2 Å². The Morgan fingerprint density at radius 2 is 1.86 bits per heavy atom. The minimum Gasteiger partial charge on any atom is -0.325 e. The van der Waals surface area contributed by atoms with Crippen molar-refractivity contribution in [1.29, 1.82) is 0 Å². The third-order valence-electron chi connectivity index (χ3n) is 3.59. The van der Waals surface area contributed by atoms with Crippen LogP contribution in [0, 0.1) is 0 Å². The molecule has 1 N–H and O–H groups in total. The van der Waals surface area contributed by atoms with Crippen molar-refractivity contribution < 1.29 is 13.2 Å². The highest BCUT2D eigenvalue weighted by molar-refractivity contribution is 7.88. The van der Waals surface area contributed by atoms with Gasteiger partial charge in [0, 0.05) is 16.8 Å². The average Bonchev–Trinajstić information content (AvgIpc) is 2.91. The average molecular weight is 331 g/mol. The lowest BCUT2D eigenvalue weighted by molar-refractivity contribution is -0.116. The van der Waals surface area contributed by atoms with Gasteiger partial charge >= 0.3 is 0 Å². The molecule has 1 aliphatic carbocycles. The van der Waals surface area contributed by atoms with Gasteiger partial charge in [-0.2, -0.15) is 4.31 Å². The first-order chi connectivity index (χ1) is 9.86. The maximum absolute atomic E-state index is 12.1. The van der Waals surface area contributed by atoms with Gasteiger partial charge in [-0.1, -0.05) is 24.4 Å². The number of sulfonamides is 1. The van der Waals surface area contributed by atoms with E-state index < -0.39 is 10.0 Å². The summed E-state index contributed by atoms with van der Waals surface area (Å²) in [5.74, 6) is -0.338. The van der Waals surface area contributed by atoms with Crippen LogP contribution in [0.1, 0.15) is 25.7 Å². The minimum atomic E-state index is -3.39. The molecule has 0 heterocycles. The largest absolute Gasteiger partial charge is 0.325 e. The number of rotatable bonds is 5. The van der Waals surface area contributed by atoms with E-state index in [1.807, 2.05) is 0 Å². The van der Waals surface area contributed by atoms with Crippen molar-refractivity contribution in [3.63, 3.8) is 0 Å². The van der Waals surface area contributed by atoms with Crippen LogP contribution in [-0.4, -0.2) is 37.5 Å². The van der Waals surface area contributed by atoms with Crippen LogP contribution >= 0.6 is 11.6 Å². The Labute approximate surface area is 130 Å². The summed E-state index contributed by atoms with van der Waals surface area (Å²) < 4.78 is 25.1. The highest BCUT2D eigenvalue weighted by Gasteiger charge is 2.30. The monoisotopic (exact) mass is 330 g/mol. The zero-order chi connectivity index (χ0) is 15.5. The van der Waals surface area contributed by atoms with Crippen molar-refractivity contribution in [1.82, 2.24) is 4.31 Å². The molecule has 0 unspecified atom stereocenters. The Kier molecular flexibility index (Phi) is 5.24. The number of carbonyl (C=O) groups is 1. The summed E-state index contributed by atoms with van der Waals surface area (Å²) >= 11 is 5.78. The second kappa shape index (κ2) is 6.77. The van der Waals surface area contributed by atoms with Crippen molar-refractivity contribution in [2.45, 2.75) is 31.7 Å². The van der Waals surface area contributed by atoms with Crippen molar-refractivity contribution in [3.05, 3.63) is 29.3 Å². The van der Waals surface area contributed by atoms with E-state index in [-0.39, 0.29) is 18.5 Å². The first-order valence-electron chi connectivity index (χ1n) is 6.88. The fraction of sp³-hybridized carbons (Fsp3) is 0.500. The SMILES string of the molecule is CS(=O)(=O)N(CC(=O)Nc1ccc(Cl)cc1)C1CCCC1. The molecule has 0 radical (unpaired) electrons. The van der Waals surface area contributed by atoms with Crippen LogP contribution < -0.4 is 5.32 Å². The van der Waals surface area contributed by atoms with Crippen LogP contribution in [0.4, 0.5) is 5.69 Å². The highest BCUT2D eigenvalue weighted by Crippen LogP contribution is 2.25. The van der Waals surface area contributed by atoms with Gasteiger partial charge in [-0.25, -0.2) is 8.42 Å². The number of hydrogen-bond donors (Lipinski definition) is 1. The Morgan fingerprint density at radius 3 is 2.38 bits per heavy atom. The van der Waals surface area contributed by atoms with Gasteiger partial charge in [0.1, 0.15) is 0 Å². The molecule has 0 aromatic heterocycles. The zero-order valence-electron chi connectivity index (χ0n) is 11.9. The molecule has 0 spiro atoms. The topological polar surface area (TPSA) is 66.5 Å². The summed E-state index contributed by atoms with van der Waals surface area (Å²) in [6, 6.07) is 6.64. The normalized spacial score (nSPS) is 16.3. The van der Waals surface area contributed by atoms with E-state index in [0.29, 0.717) is 10.7 Å². The molecule has 0 aliphatic heterocycles. The van der Waals surface area contributed by atoms with Gasteiger partial charge in [0.15, 0.2) is 0 Å². The lowest BCUT2D eigenvalue weighted by Gasteiger charge is -2.25. The summed E-state index contributed by atoms with van der Waals surface area (Å²) in [6.07, 6.45) is 4.81.